The predicted octanol–water partition coefficient (Wildman–Crippen LogP) is 1.13. The second-order valence-electron chi connectivity index (χ2n) is 4.86. The third-order valence-electron chi connectivity index (χ3n) is 3.48. The maximum Gasteiger partial charge on any atom is 0.193 e. The summed E-state index contributed by atoms with van der Waals surface area (Å²) in [4.78, 5) is 10.0. The number of pyridine rings is 1. The molecule has 1 unspecified atom stereocenters. The number of allylic oxidation sites excluding steroid dienone is 1. The number of benzene rings is 1. The number of hydrogen-bond donors (Lipinski definition) is 1. The molecule has 2 aromatic heterocycles. The van der Waals surface area contributed by atoms with E-state index in [4.69, 9.17) is 5.73 Å². The average Bonchev–Trinajstić information content (AvgIpc) is 3.00. The van der Waals surface area contributed by atoms with Gasteiger partial charge in [0.2, 0.25) is 0 Å². The number of nitrogens with zero attached hydrogens (tertiary/aromatic N) is 6. The van der Waals surface area contributed by atoms with E-state index in [1.54, 1.807) is 28.4 Å². The van der Waals surface area contributed by atoms with E-state index in [1.165, 1.54) is 0 Å². The molecule has 4 rings (SSSR count). The molecule has 1 aromatic carbocycles. The van der Waals surface area contributed by atoms with Crippen LogP contribution in [0.1, 0.15) is 5.56 Å². The maximum atomic E-state index is 6.08. The lowest BCUT2D eigenvalue weighted by atomic mass is 10.1. The van der Waals surface area contributed by atoms with Crippen LogP contribution >= 0.6 is 0 Å². The zero-order valence-electron chi connectivity index (χ0n) is 11.6. The molecule has 0 saturated carbocycles. The zero-order chi connectivity index (χ0) is 14.9. The quantitative estimate of drug-likeness (QED) is 0.765. The number of rotatable bonds is 2. The second-order valence-corrected chi connectivity index (χ2v) is 4.86. The summed E-state index contributed by atoms with van der Waals surface area (Å²) in [5.74, 6) is 0. The highest BCUT2D eigenvalue weighted by molar-refractivity contribution is 6.10. The van der Waals surface area contributed by atoms with Crippen LogP contribution in [-0.4, -0.2) is 32.6 Å². The molecular formula is C15H13N7. The van der Waals surface area contributed by atoms with Crippen molar-refractivity contribution in [1.82, 2.24) is 20.1 Å². The van der Waals surface area contributed by atoms with Crippen molar-refractivity contribution in [2.45, 2.75) is 6.29 Å². The van der Waals surface area contributed by atoms with Crippen LogP contribution in [0, 0.1) is 0 Å². The van der Waals surface area contributed by atoms with Crippen molar-refractivity contribution in [3.8, 4) is 0 Å². The van der Waals surface area contributed by atoms with Crippen molar-refractivity contribution in [2.75, 3.05) is 5.01 Å². The highest BCUT2D eigenvalue weighted by Gasteiger charge is 2.19. The highest BCUT2D eigenvalue weighted by Crippen LogP contribution is 2.18. The van der Waals surface area contributed by atoms with Crippen LogP contribution in [0.3, 0.4) is 0 Å². The summed E-state index contributed by atoms with van der Waals surface area (Å²) < 4.78 is 0. The van der Waals surface area contributed by atoms with Gasteiger partial charge in [-0.15, -0.1) is 9.89 Å². The summed E-state index contributed by atoms with van der Waals surface area (Å²) >= 11 is 0. The molecule has 3 aromatic rings. The van der Waals surface area contributed by atoms with Crippen LogP contribution in [0.2, 0.25) is 0 Å². The van der Waals surface area contributed by atoms with Gasteiger partial charge in [-0.3, -0.25) is 15.7 Å². The van der Waals surface area contributed by atoms with Crippen LogP contribution in [0.4, 0.5) is 0 Å². The molecule has 7 heteroatoms. The molecular weight excluding hydrogens is 278 g/mol. The third-order valence-corrected chi connectivity index (χ3v) is 3.48. The molecule has 22 heavy (non-hydrogen) atoms. The van der Waals surface area contributed by atoms with E-state index in [1.807, 2.05) is 42.6 Å². The summed E-state index contributed by atoms with van der Waals surface area (Å²) in [6, 6.07) is 11.6. The molecule has 0 radical (unpaired) electrons. The first kappa shape index (κ1) is 12.7. The van der Waals surface area contributed by atoms with Crippen molar-refractivity contribution in [3.05, 3.63) is 60.6 Å². The van der Waals surface area contributed by atoms with E-state index in [0.717, 1.165) is 22.2 Å². The molecule has 1 aliphatic rings. The van der Waals surface area contributed by atoms with E-state index < -0.39 is 6.29 Å². The Morgan fingerprint density at radius 2 is 1.86 bits per heavy atom. The largest absolute Gasteiger partial charge is 0.291 e. The van der Waals surface area contributed by atoms with Crippen molar-refractivity contribution >= 4 is 22.8 Å². The van der Waals surface area contributed by atoms with Crippen LogP contribution in [0.5, 0.6) is 0 Å². The second kappa shape index (κ2) is 5.05. The Hall–Kier alpha value is -3.06. The molecule has 1 atom stereocenters. The fourth-order valence-corrected chi connectivity index (χ4v) is 2.36. The SMILES string of the molecule is NC1N=CC(c2ccncc2)=CN1n1nnc2ccccc21. The topological polar surface area (TPSA) is 85.2 Å². The number of aliphatic imine (C=N–C) groups is 1. The molecule has 0 fully saturated rings. The predicted molar refractivity (Wildman–Crippen MR) is 84.4 cm³/mol. The molecule has 0 amide bonds. The van der Waals surface area contributed by atoms with Gasteiger partial charge in [0, 0.05) is 30.4 Å². The molecule has 2 N–H and O–H groups in total. The van der Waals surface area contributed by atoms with Gasteiger partial charge in [0.05, 0.1) is 0 Å². The minimum absolute atomic E-state index is 0.546. The monoisotopic (exact) mass is 291 g/mol. The number of nitrogens with two attached hydrogens (primary N) is 1. The van der Waals surface area contributed by atoms with Gasteiger partial charge < -0.3 is 0 Å². The summed E-state index contributed by atoms with van der Waals surface area (Å²) in [5, 5.41) is 10.1. The molecule has 7 nitrogen and oxygen atoms in total. The molecule has 3 heterocycles. The normalized spacial score (nSPS) is 17.8. The van der Waals surface area contributed by atoms with Crippen molar-refractivity contribution in [2.24, 2.45) is 10.7 Å². The van der Waals surface area contributed by atoms with E-state index >= 15 is 0 Å². The molecule has 0 spiro atoms. The Morgan fingerprint density at radius 3 is 2.73 bits per heavy atom. The van der Waals surface area contributed by atoms with Crippen molar-refractivity contribution < 1.29 is 0 Å². The Balaban J connectivity index is 1.80. The van der Waals surface area contributed by atoms with Crippen LogP contribution in [0.15, 0.2) is 60.0 Å². The average molecular weight is 291 g/mol. The highest BCUT2D eigenvalue weighted by atomic mass is 15.7. The fourth-order valence-electron chi connectivity index (χ4n) is 2.36. The lowest BCUT2D eigenvalue weighted by Crippen LogP contribution is -2.46. The van der Waals surface area contributed by atoms with E-state index in [0.29, 0.717) is 0 Å². The van der Waals surface area contributed by atoms with E-state index in [9.17, 15) is 0 Å². The molecule has 1 aliphatic heterocycles. The van der Waals surface area contributed by atoms with Crippen molar-refractivity contribution in [1.29, 1.82) is 0 Å². The molecule has 0 saturated heterocycles. The van der Waals surface area contributed by atoms with Crippen molar-refractivity contribution in [3.63, 3.8) is 0 Å². The standard InChI is InChI=1S/C15H13N7/c16-15-18-9-12(11-5-7-17-8-6-11)10-21(15)22-14-4-2-1-3-13(14)19-20-22/h1-10,15H,16H2. The Bertz CT molecular complexity index is 866. The van der Waals surface area contributed by atoms with Gasteiger partial charge in [0.1, 0.15) is 11.0 Å². The van der Waals surface area contributed by atoms with Gasteiger partial charge in [-0.1, -0.05) is 12.1 Å². The lowest BCUT2D eigenvalue weighted by Gasteiger charge is -2.27. The number of aromatic nitrogens is 4. The number of fused-ring (bicyclic) bond motifs is 1. The summed E-state index contributed by atoms with van der Waals surface area (Å²) in [6.07, 6.45) is 6.61. The third kappa shape index (κ3) is 2.04. The summed E-state index contributed by atoms with van der Waals surface area (Å²) in [7, 11) is 0. The van der Waals surface area contributed by atoms with Gasteiger partial charge >= 0.3 is 0 Å². The first-order valence-corrected chi connectivity index (χ1v) is 6.83. The fraction of sp³-hybridized carbons (Fsp3) is 0.0667. The first-order valence-electron chi connectivity index (χ1n) is 6.83. The van der Waals surface area contributed by atoms with E-state index in [-0.39, 0.29) is 0 Å². The van der Waals surface area contributed by atoms with Gasteiger partial charge in [-0.25, -0.2) is 5.01 Å². The van der Waals surface area contributed by atoms with Crippen LogP contribution in [-0.2, 0) is 0 Å². The Labute approximate surface area is 126 Å². The first-order chi connectivity index (χ1) is 10.8. The maximum absolute atomic E-state index is 6.08. The van der Waals surface area contributed by atoms with Gasteiger partial charge in [0.15, 0.2) is 6.29 Å². The minimum atomic E-state index is -0.546. The zero-order valence-corrected chi connectivity index (χ0v) is 11.6. The van der Waals surface area contributed by atoms with Gasteiger partial charge in [-0.2, -0.15) is 0 Å². The molecule has 0 aliphatic carbocycles. The van der Waals surface area contributed by atoms with Gasteiger partial charge in [-0.05, 0) is 35.0 Å². The number of hydrogen-bond acceptors (Lipinski definition) is 6. The molecule has 108 valence electrons. The lowest BCUT2D eigenvalue weighted by molar-refractivity contribution is 0.516. The summed E-state index contributed by atoms with van der Waals surface area (Å²) in [5.41, 5.74) is 9.72. The molecule has 0 bridgehead atoms. The minimum Gasteiger partial charge on any atom is -0.291 e. The smallest absolute Gasteiger partial charge is 0.193 e. The Morgan fingerprint density at radius 1 is 1.05 bits per heavy atom. The van der Waals surface area contributed by atoms with E-state index in [2.05, 4.69) is 20.3 Å². The summed E-state index contributed by atoms with van der Waals surface area (Å²) in [6.45, 7) is 0. The van der Waals surface area contributed by atoms with Crippen LogP contribution < -0.4 is 10.7 Å². The number of para-hydroxylation sites is 1. The van der Waals surface area contributed by atoms with Crippen LogP contribution in [0.25, 0.3) is 16.6 Å². The van der Waals surface area contributed by atoms with Gasteiger partial charge in [0.25, 0.3) is 0 Å². The Kier molecular flexibility index (Phi) is 2.90.